The van der Waals surface area contributed by atoms with E-state index in [1.54, 1.807) is 16.8 Å². The van der Waals surface area contributed by atoms with Gasteiger partial charge >= 0.3 is 0 Å². The lowest BCUT2D eigenvalue weighted by molar-refractivity contribution is 0.161. The topological polar surface area (TPSA) is 85.3 Å². The third-order valence-corrected chi connectivity index (χ3v) is 4.36. The van der Waals surface area contributed by atoms with Gasteiger partial charge in [0.2, 0.25) is 0 Å². The second-order valence-corrected chi connectivity index (χ2v) is 6.52. The van der Waals surface area contributed by atoms with Crippen molar-refractivity contribution in [2.75, 3.05) is 6.61 Å². The number of nitrogens with zero attached hydrogens (tertiary/aromatic N) is 5. The summed E-state index contributed by atoms with van der Waals surface area (Å²) in [5.74, 6) is 0.435. The highest BCUT2D eigenvalue weighted by atomic mass is 16.3. The maximum atomic E-state index is 13.2. The van der Waals surface area contributed by atoms with Gasteiger partial charge < -0.3 is 9.67 Å². The number of pyridine rings is 1. The minimum absolute atomic E-state index is 0.155. The first-order valence-electron chi connectivity index (χ1n) is 7.95. The number of hydrogen-bond donors (Lipinski definition) is 1. The Bertz CT molecular complexity index is 1130. The Balaban J connectivity index is 2.20. The second kappa shape index (κ2) is 5.49. The lowest BCUT2D eigenvalue weighted by Gasteiger charge is -2.25. The van der Waals surface area contributed by atoms with Crippen LogP contribution in [0.4, 0.5) is 0 Å². The number of benzene rings is 1. The summed E-state index contributed by atoms with van der Waals surface area (Å²) in [6, 6.07) is 11.3. The Labute approximate surface area is 143 Å². The zero-order valence-corrected chi connectivity index (χ0v) is 13.9. The van der Waals surface area contributed by atoms with Crippen molar-refractivity contribution in [3.8, 4) is 11.3 Å². The molecule has 1 N–H and O–H groups in total. The van der Waals surface area contributed by atoms with Crippen LogP contribution in [0.5, 0.6) is 0 Å². The molecule has 7 heteroatoms. The van der Waals surface area contributed by atoms with E-state index in [1.807, 2.05) is 44.2 Å². The maximum absolute atomic E-state index is 13.2. The summed E-state index contributed by atoms with van der Waals surface area (Å²) >= 11 is 0. The van der Waals surface area contributed by atoms with Crippen molar-refractivity contribution in [3.63, 3.8) is 0 Å². The van der Waals surface area contributed by atoms with Gasteiger partial charge in [-0.25, -0.2) is 4.98 Å². The van der Waals surface area contributed by atoms with Gasteiger partial charge in [-0.2, -0.15) is 14.6 Å². The Morgan fingerprint density at radius 2 is 1.92 bits per heavy atom. The van der Waals surface area contributed by atoms with Gasteiger partial charge in [0.1, 0.15) is 6.33 Å². The molecule has 0 fully saturated rings. The van der Waals surface area contributed by atoms with Crippen LogP contribution in [0.25, 0.3) is 27.9 Å². The zero-order chi connectivity index (χ0) is 17.6. The predicted molar refractivity (Wildman–Crippen MR) is 94.4 cm³/mol. The van der Waals surface area contributed by atoms with Gasteiger partial charge in [-0.05, 0) is 19.9 Å². The first-order valence-corrected chi connectivity index (χ1v) is 7.95. The van der Waals surface area contributed by atoms with Crippen molar-refractivity contribution in [2.24, 2.45) is 0 Å². The fourth-order valence-electron chi connectivity index (χ4n) is 2.94. The van der Waals surface area contributed by atoms with Crippen molar-refractivity contribution in [1.82, 2.24) is 24.1 Å². The lowest BCUT2D eigenvalue weighted by atomic mass is 10.0. The van der Waals surface area contributed by atoms with Crippen LogP contribution in [0.15, 0.2) is 53.7 Å². The first kappa shape index (κ1) is 15.5. The number of aliphatic hydroxyl groups excluding tert-OH is 1. The standard InChI is InChI=1S/C18H17N5O2/c1-18(2,10-24)22-9-8-13-14(16(22)25)15(12-6-4-3-5-7-12)23-17(21-13)19-11-20-23/h3-9,11,24H,10H2,1-2H3. The fraction of sp³-hybridized carbons (Fsp3) is 0.222. The predicted octanol–water partition coefficient (Wildman–Crippen LogP) is 1.83. The Kier molecular flexibility index (Phi) is 3.40. The number of hydrogen-bond acceptors (Lipinski definition) is 5. The molecule has 25 heavy (non-hydrogen) atoms. The van der Waals surface area contributed by atoms with Gasteiger partial charge in [0.25, 0.3) is 11.3 Å². The molecule has 0 saturated heterocycles. The van der Waals surface area contributed by atoms with Crippen LogP contribution in [0.3, 0.4) is 0 Å². The summed E-state index contributed by atoms with van der Waals surface area (Å²) in [5.41, 5.74) is 1.10. The van der Waals surface area contributed by atoms with Gasteiger partial charge in [-0.1, -0.05) is 30.3 Å². The summed E-state index contributed by atoms with van der Waals surface area (Å²) in [6.45, 7) is 3.46. The molecule has 126 valence electrons. The van der Waals surface area contributed by atoms with Crippen molar-refractivity contribution in [3.05, 3.63) is 59.3 Å². The summed E-state index contributed by atoms with van der Waals surface area (Å²) in [7, 11) is 0. The third kappa shape index (κ3) is 2.32. The SMILES string of the molecule is CC(C)(CO)n1ccc2nc3ncnn3c(-c3ccccc3)c2c1=O. The largest absolute Gasteiger partial charge is 0.394 e. The number of aromatic nitrogens is 5. The molecular formula is C18H17N5O2. The van der Waals surface area contributed by atoms with E-state index in [9.17, 15) is 9.90 Å². The summed E-state index contributed by atoms with van der Waals surface area (Å²) < 4.78 is 3.11. The van der Waals surface area contributed by atoms with Crippen molar-refractivity contribution < 1.29 is 5.11 Å². The lowest BCUT2D eigenvalue weighted by Crippen LogP contribution is -2.39. The minimum atomic E-state index is -0.726. The van der Waals surface area contributed by atoms with Gasteiger partial charge in [0, 0.05) is 11.8 Å². The molecule has 7 nitrogen and oxygen atoms in total. The fourth-order valence-corrected chi connectivity index (χ4v) is 2.94. The molecule has 0 aliphatic rings. The van der Waals surface area contributed by atoms with E-state index in [-0.39, 0.29) is 12.2 Å². The molecule has 0 spiro atoms. The van der Waals surface area contributed by atoms with E-state index in [1.165, 1.54) is 10.9 Å². The molecule has 1 aromatic carbocycles. The summed E-state index contributed by atoms with van der Waals surface area (Å²) in [4.78, 5) is 21.9. The average molecular weight is 335 g/mol. The second-order valence-electron chi connectivity index (χ2n) is 6.52. The van der Waals surface area contributed by atoms with Crippen LogP contribution >= 0.6 is 0 Å². The van der Waals surface area contributed by atoms with E-state index in [0.29, 0.717) is 22.4 Å². The Morgan fingerprint density at radius 3 is 2.64 bits per heavy atom. The number of fused-ring (bicyclic) bond motifs is 2. The molecule has 0 radical (unpaired) electrons. The maximum Gasteiger partial charge on any atom is 0.262 e. The third-order valence-electron chi connectivity index (χ3n) is 4.36. The smallest absolute Gasteiger partial charge is 0.262 e. The van der Waals surface area contributed by atoms with Crippen LogP contribution < -0.4 is 5.56 Å². The van der Waals surface area contributed by atoms with Gasteiger partial charge in [-0.3, -0.25) is 4.79 Å². The van der Waals surface area contributed by atoms with Crippen LogP contribution in [0.1, 0.15) is 13.8 Å². The van der Waals surface area contributed by atoms with E-state index < -0.39 is 5.54 Å². The van der Waals surface area contributed by atoms with Crippen molar-refractivity contribution in [2.45, 2.75) is 19.4 Å². The molecule has 4 rings (SSSR count). The van der Waals surface area contributed by atoms with E-state index in [4.69, 9.17) is 0 Å². The molecule has 0 bridgehead atoms. The van der Waals surface area contributed by atoms with E-state index in [2.05, 4.69) is 15.1 Å². The molecule has 4 aromatic rings. The van der Waals surface area contributed by atoms with Gasteiger partial charge in [-0.15, -0.1) is 0 Å². The van der Waals surface area contributed by atoms with Gasteiger partial charge in [0.15, 0.2) is 0 Å². The van der Waals surface area contributed by atoms with Crippen molar-refractivity contribution in [1.29, 1.82) is 0 Å². The number of aliphatic hydroxyl groups is 1. The highest BCUT2D eigenvalue weighted by Gasteiger charge is 2.24. The summed E-state index contributed by atoms with van der Waals surface area (Å²) in [6.07, 6.45) is 3.08. The van der Waals surface area contributed by atoms with Crippen LogP contribution in [-0.4, -0.2) is 35.9 Å². The van der Waals surface area contributed by atoms with E-state index in [0.717, 1.165) is 5.56 Å². The van der Waals surface area contributed by atoms with Crippen LogP contribution in [0, 0.1) is 0 Å². The van der Waals surface area contributed by atoms with E-state index >= 15 is 0 Å². The van der Waals surface area contributed by atoms with Crippen LogP contribution in [0.2, 0.25) is 0 Å². The molecular weight excluding hydrogens is 318 g/mol. The molecule has 0 unspecified atom stereocenters. The Morgan fingerprint density at radius 1 is 1.16 bits per heavy atom. The monoisotopic (exact) mass is 335 g/mol. The van der Waals surface area contributed by atoms with Crippen molar-refractivity contribution >= 4 is 16.7 Å². The first-order chi connectivity index (χ1) is 12.0. The highest BCUT2D eigenvalue weighted by Crippen LogP contribution is 2.26. The molecule has 3 aromatic heterocycles. The summed E-state index contributed by atoms with van der Waals surface area (Å²) in [5, 5.41) is 14.4. The normalized spacial score (nSPS) is 12.1. The quantitative estimate of drug-likeness (QED) is 0.617. The highest BCUT2D eigenvalue weighted by molar-refractivity contribution is 5.93. The van der Waals surface area contributed by atoms with Crippen LogP contribution in [-0.2, 0) is 5.54 Å². The molecule has 0 amide bonds. The van der Waals surface area contributed by atoms with Gasteiger partial charge in [0.05, 0.1) is 28.7 Å². The average Bonchev–Trinajstić information content (AvgIpc) is 3.09. The molecule has 0 aliphatic heterocycles. The molecule has 0 atom stereocenters. The molecule has 0 saturated carbocycles. The Hall–Kier alpha value is -3.06. The zero-order valence-electron chi connectivity index (χ0n) is 13.9. The minimum Gasteiger partial charge on any atom is -0.394 e. The molecule has 0 aliphatic carbocycles. The number of rotatable bonds is 3. The molecule has 3 heterocycles.